The standard InChI is InChI=1S/C11H12ClN3OS/c1-7(13)11-14-10(15-16-11)6-17-9-4-2-3-8(12)5-9/h2-5,7H,6,13H2,1H3. The Morgan fingerprint density at radius 1 is 1.53 bits per heavy atom. The highest BCUT2D eigenvalue weighted by Crippen LogP contribution is 2.24. The van der Waals surface area contributed by atoms with E-state index in [2.05, 4.69) is 10.1 Å². The summed E-state index contributed by atoms with van der Waals surface area (Å²) in [6, 6.07) is 7.41. The van der Waals surface area contributed by atoms with E-state index in [9.17, 15) is 0 Å². The second-order valence-corrected chi connectivity index (χ2v) is 5.07. The van der Waals surface area contributed by atoms with E-state index < -0.39 is 0 Å². The van der Waals surface area contributed by atoms with E-state index in [1.807, 2.05) is 24.3 Å². The van der Waals surface area contributed by atoms with Gasteiger partial charge in [0, 0.05) is 9.92 Å². The lowest BCUT2D eigenvalue weighted by Gasteiger charge is -1.98. The molecular weight excluding hydrogens is 258 g/mol. The number of hydrogen-bond donors (Lipinski definition) is 1. The molecule has 17 heavy (non-hydrogen) atoms. The van der Waals surface area contributed by atoms with Crippen LogP contribution in [0.5, 0.6) is 0 Å². The molecule has 0 aliphatic carbocycles. The molecule has 0 spiro atoms. The van der Waals surface area contributed by atoms with Crippen LogP contribution in [0.1, 0.15) is 24.7 Å². The molecule has 2 N–H and O–H groups in total. The molecular formula is C11H12ClN3OS. The highest BCUT2D eigenvalue weighted by atomic mass is 35.5. The summed E-state index contributed by atoms with van der Waals surface area (Å²) in [7, 11) is 0. The number of benzene rings is 1. The Morgan fingerprint density at radius 3 is 3.00 bits per heavy atom. The number of rotatable bonds is 4. The number of nitrogens with zero attached hydrogens (tertiary/aromatic N) is 2. The van der Waals surface area contributed by atoms with Crippen LogP contribution in [0.15, 0.2) is 33.7 Å². The van der Waals surface area contributed by atoms with Crippen LogP contribution in [-0.4, -0.2) is 10.1 Å². The molecule has 0 amide bonds. The molecule has 0 saturated carbocycles. The third-order valence-electron chi connectivity index (χ3n) is 2.04. The maximum absolute atomic E-state index is 5.89. The molecule has 0 aliphatic rings. The minimum Gasteiger partial charge on any atom is -0.338 e. The lowest BCUT2D eigenvalue weighted by Crippen LogP contribution is -2.05. The largest absolute Gasteiger partial charge is 0.338 e. The zero-order valence-corrected chi connectivity index (χ0v) is 10.8. The maximum Gasteiger partial charge on any atom is 0.243 e. The van der Waals surface area contributed by atoms with Crippen LogP contribution >= 0.6 is 23.4 Å². The highest BCUT2D eigenvalue weighted by Gasteiger charge is 2.10. The van der Waals surface area contributed by atoms with Gasteiger partial charge in [-0.2, -0.15) is 4.98 Å². The predicted molar refractivity (Wildman–Crippen MR) is 67.9 cm³/mol. The Labute approximate surface area is 109 Å². The van der Waals surface area contributed by atoms with Gasteiger partial charge in [-0.1, -0.05) is 22.8 Å². The summed E-state index contributed by atoms with van der Waals surface area (Å²) in [5.74, 6) is 1.74. The van der Waals surface area contributed by atoms with Crippen molar-refractivity contribution in [2.24, 2.45) is 5.73 Å². The minimum absolute atomic E-state index is 0.229. The molecule has 0 bridgehead atoms. The van der Waals surface area contributed by atoms with Crippen LogP contribution in [0, 0.1) is 0 Å². The SMILES string of the molecule is CC(N)c1nc(CSc2cccc(Cl)c2)no1. The fourth-order valence-corrected chi connectivity index (χ4v) is 2.27. The summed E-state index contributed by atoms with van der Waals surface area (Å²) in [5.41, 5.74) is 5.63. The molecule has 90 valence electrons. The van der Waals surface area contributed by atoms with Crippen LogP contribution in [0.25, 0.3) is 0 Å². The Kier molecular flexibility index (Phi) is 4.04. The fourth-order valence-electron chi connectivity index (χ4n) is 1.22. The lowest BCUT2D eigenvalue weighted by atomic mass is 10.4. The number of hydrogen-bond acceptors (Lipinski definition) is 5. The van der Waals surface area contributed by atoms with E-state index >= 15 is 0 Å². The smallest absolute Gasteiger partial charge is 0.243 e. The van der Waals surface area contributed by atoms with Gasteiger partial charge in [0.15, 0.2) is 5.82 Å². The molecule has 0 radical (unpaired) electrons. The van der Waals surface area contributed by atoms with Gasteiger partial charge < -0.3 is 10.3 Å². The van der Waals surface area contributed by atoms with E-state index in [1.54, 1.807) is 18.7 Å². The Bertz CT molecular complexity index is 501. The van der Waals surface area contributed by atoms with Gasteiger partial charge in [0.05, 0.1) is 11.8 Å². The number of halogens is 1. The van der Waals surface area contributed by atoms with Gasteiger partial charge in [0.2, 0.25) is 5.89 Å². The molecule has 4 nitrogen and oxygen atoms in total. The molecule has 2 rings (SSSR count). The Balaban J connectivity index is 1.97. The molecule has 1 aromatic heterocycles. The lowest BCUT2D eigenvalue weighted by molar-refractivity contribution is 0.358. The zero-order valence-electron chi connectivity index (χ0n) is 9.26. The molecule has 6 heteroatoms. The van der Waals surface area contributed by atoms with E-state index in [-0.39, 0.29) is 6.04 Å². The Hall–Kier alpha value is -1.04. The Morgan fingerprint density at radius 2 is 2.35 bits per heavy atom. The fraction of sp³-hybridized carbons (Fsp3) is 0.273. The van der Waals surface area contributed by atoms with E-state index in [4.69, 9.17) is 21.9 Å². The van der Waals surface area contributed by atoms with Crippen molar-refractivity contribution in [1.29, 1.82) is 0 Å². The van der Waals surface area contributed by atoms with Gasteiger partial charge in [0.1, 0.15) is 0 Å². The summed E-state index contributed by atoms with van der Waals surface area (Å²) < 4.78 is 5.01. The molecule has 2 aromatic rings. The first kappa shape index (κ1) is 12.4. The van der Waals surface area contributed by atoms with Crippen molar-refractivity contribution in [3.8, 4) is 0 Å². The van der Waals surface area contributed by atoms with Crippen molar-refractivity contribution in [2.75, 3.05) is 0 Å². The first-order valence-electron chi connectivity index (χ1n) is 5.11. The zero-order chi connectivity index (χ0) is 12.3. The van der Waals surface area contributed by atoms with Crippen molar-refractivity contribution in [1.82, 2.24) is 10.1 Å². The second kappa shape index (κ2) is 5.53. The molecule has 1 aromatic carbocycles. The van der Waals surface area contributed by atoms with Crippen LogP contribution < -0.4 is 5.73 Å². The third-order valence-corrected chi connectivity index (χ3v) is 3.26. The van der Waals surface area contributed by atoms with E-state index in [0.717, 1.165) is 9.92 Å². The number of nitrogens with two attached hydrogens (primary N) is 1. The van der Waals surface area contributed by atoms with Gasteiger partial charge in [0.25, 0.3) is 0 Å². The van der Waals surface area contributed by atoms with Crippen molar-refractivity contribution >= 4 is 23.4 Å². The average molecular weight is 270 g/mol. The molecule has 0 fully saturated rings. The van der Waals surface area contributed by atoms with Crippen molar-refractivity contribution in [2.45, 2.75) is 23.6 Å². The van der Waals surface area contributed by atoms with Crippen molar-refractivity contribution < 1.29 is 4.52 Å². The normalized spacial score (nSPS) is 12.6. The van der Waals surface area contributed by atoms with E-state index in [1.165, 1.54) is 0 Å². The van der Waals surface area contributed by atoms with Crippen LogP contribution in [0.3, 0.4) is 0 Å². The van der Waals surface area contributed by atoms with E-state index in [0.29, 0.717) is 17.5 Å². The molecule has 0 aliphatic heterocycles. The maximum atomic E-state index is 5.89. The van der Waals surface area contributed by atoms with Crippen LogP contribution in [0.2, 0.25) is 5.02 Å². The summed E-state index contributed by atoms with van der Waals surface area (Å²) in [6.07, 6.45) is 0. The average Bonchev–Trinajstić information content (AvgIpc) is 2.75. The summed E-state index contributed by atoms with van der Waals surface area (Å²) in [5, 5.41) is 4.58. The van der Waals surface area contributed by atoms with Gasteiger partial charge in [-0.05, 0) is 25.1 Å². The number of aromatic nitrogens is 2. The molecule has 1 unspecified atom stereocenters. The van der Waals surface area contributed by atoms with Gasteiger partial charge >= 0.3 is 0 Å². The van der Waals surface area contributed by atoms with Crippen LogP contribution in [-0.2, 0) is 5.75 Å². The number of thioether (sulfide) groups is 1. The van der Waals surface area contributed by atoms with Gasteiger partial charge in [-0.25, -0.2) is 0 Å². The molecule has 0 saturated heterocycles. The summed E-state index contributed by atoms with van der Waals surface area (Å²) in [4.78, 5) is 5.26. The summed E-state index contributed by atoms with van der Waals surface area (Å²) in [6.45, 7) is 1.81. The van der Waals surface area contributed by atoms with Gasteiger partial charge in [-0.3, -0.25) is 0 Å². The second-order valence-electron chi connectivity index (χ2n) is 3.58. The molecule has 1 heterocycles. The predicted octanol–water partition coefficient (Wildman–Crippen LogP) is 3.04. The minimum atomic E-state index is -0.229. The van der Waals surface area contributed by atoms with Crippen molar-refractivity contribution in [3.63, 3.8) is 0 Å². The van der Waals surface area contributed by atoms with Crippen molar-refractivity contribution in [3.05, 3.63) is 41.0 Å². The summed E-state index contributed by atoms with van der Waals surface area (Å²) >= 11 is 7.50. The first-order chi connectivity index (χ1) is 8.15. The van der Waals surface area contributed by atoms with Crippen LogP contribution in [0.4, 0.5) is 0 Å². The first-order valence-corrected chi connectivity index (χ1v) is 6.48. The topological polar surface area (TPSA) is 64.9 Å². The highest BCUT2D eigenvalue weighted by molar-refractivity contribution is 7.98. The van der Waals surface area contributed by atoms with Gasteiger partial charge in [-0.15, -0.1) is 11.8 Å². The molecule has 1 atom stereocenters. The monoisotopic (exact) mass is 269 g/mol. The third kappa shape index (κ3) is 3.46. The quantitative estimate of drug-likeness (QED) is 0.865.